The van der Waals surface area contributed by atoms with Gasteiger partial charge in [0.1, 0.15) is 17.4 Å². The number of nitrogens with zero attached hydrogens (tertiary/aromatic N) is 4. The zero-order chi connectivity index (χ0) is 22.0. The van der Waals surface area contributed by atoms with Crippen LogP contribution in [0.3, 0.4) is 0 Å². The number of quaternary nitrogens is 1. The van der Waals surface area contributed by atoms with Crippen LogP contribution >= 0.6 is 0 Å². The van der Waals surface area contributed by atoms with E-state index < -0.39 is 0 Å². The summed E-state index contributed by atoms with van der Waals surface area (Å²) in [4.78, 5) is 19.5. The van der Waals surface area contributed by atoms with E-state index in [1.807, 2.05) is 42.4 Å². The van der Waals surface area contributed by atoms with Gasteiger partial charge in [-0.1, -0.05) is 12.8 Å². The summed E-state index contributed by atoms with van der Waals surface area (Å²) in [5.74, 6) is 0.0627. The van der Waals surface area contributed by atoms with Gasteiger partial charge in [0.25, 0.3) is 5.91 Å². The van der Waals surface area contributed by atoms with Crippen LogP contribution in [-0.2, 0) is 0 Å². The fourth-order valence-electron chi connectivity index (χ4n) is 4.28. The van der Waals surface area contributed by atoms with Crippen molar-refractivity contribution in [2.45, 2.75) is 32.6 Å². The molecular weight excluding hydrogens is 388 g/mol. The van der Waals surface area contributed by atoms with Gasteiger partial charge in [-0.25, -0.2) is 4.98 Å². The summed E-state index contributed by atoms with van der Waals surface area (Å²) in [7, 11) is 1.92. The second kappa shape index (κ2) is 8.70. The number of likely N-dealkylation sites (tertiary alicyclic amines) is 1. The van der Waals surface area contributed by atoms with Crippen LogP contribution in [0.25, 0.3) is 5.65 Å². The first-order chi connectivity index (χ1) is 15.0. The fraction of sp³-hybridized carbons (Fsp3) is 0.333. The van der Waals surface area contributed by atoms with E-state index in [2.05, 4.69) is 11.1 Å². The number of fused-ring (bicyclic) bond motifs is 1. The van der Waals surface area contributed by atoms with Crippen LogP contribution in [0.1, 0.15) is 58.6 Å². The Morgan fingerprint density at radius 2 is 1.90 bits per heavy atom. The molecule has 31 heavy (non-hydrogen) atoms. The van der Waals surface area contributed by atoms with Crippen LogP contribution in [0.15, 0.2) is 36.5 Å². The molecule has 1 aliphatic heterocycles. The highest BCUT2D eigenvalue weighted by Crippen LogP contribution is 2.23. The average molecular weight is 416 g/mol. The van der Waals surface area contributed by atoms with Crippen molar-refractivity contribution in [2.75, 3.05) is 20.1 Å². The molecule has 2 aromatic heterocycles. The molecule has 1 amide bonds. The van der Waals surface area contributed by atoms with Crippen LogP contribution in [0.4, 0.5) is 5.69 Å². The number of amides is 1. The Hall–Kier alpha value is -3.50. The van der Waals surface area contributed by atoms with Gasteiger partial charge in [-0.2, -0.15) is 5.26 Å². The Bertz CT molecular complexity index is 1190. The molecule has 158 valence electrons. The van der Waals surface area contributed by atoms with Crippen LogP contribution in [0.5, 0.6) is 0 Å². The van der Waals surface area contributed by atoms with Crippen molar-refractivity contribution in [1.29, 1.82) is 10.7 Å². The lowest BCUT2D eigenvalue weighted by atomic mass is 10.0. The first-order valence-electron chi connectivity index (χ1n) is 10.7. The maximum absolute atomic E-state index is 13.0. The number of hydrogen-bond acceptors (Lipinski definition) is 4. The topological polar surface area (TPSA) is 102 Å². The van der Waals surface area contributed by atoms with Crippen LogP contribution in [0.2, 0.25) is 0 Å². The van der Waals surface area contributed by atoms with Crippen molar-refractivity contribution >= 4 is 23.0 Å². The highest BCUT2D eigenvalue weighted by atomic mass is 16.2. The lowest BCUT2D eigenvalue weighted by Gasteiger charge is -2.20. The zero-order valence-electron chi connectivity index (χ0n) is 18.0. The lowest BCUT2D eigenvalue weighted by Crippen LogP contribution is -2.73. The van der Waals surface area contributed by atoms with Crippen molar-refractivity contribution < 1.29 is 10.1 Å². The normalized spacial score (nSPS) is 14.3. The molecule has 0 unspecified atom stereocenters. The molecular formula is C24H27N6O+. The van der Waals surface area contributed by atoms with E-state index in [-0.39, 0.29) is 5.91 Å². The number of pyridine rings is 1. The van der Waals surface area contributed by atoms with Gasteiger partial charge in [0, 0.05) is 30.9 Å². The van der Waals surface area contributed by atoms with E-state index in [0.717, 1.165) is 42.9 Å². The molecule has 7 nitrogen and oxygen atoms in total. The summed E-state index contributed by atoms with van der Waals surface area (Å²) in [6, 6.07) is 11.2. The van der Waals surface area contributed by atoms with Gasteiger partial charge in [-0.15, -0.1) is 0 Å². The third kappa shape index (κ3) is 3.94. The first-order valence-corrected chi connectivity index (χ1v) is 10.7. The molecule has 0 atom stereocenters. The number of nitriles is 1. The second-order valence-electron chi connectivity index (χ2n) is 7.98. The number of carbonyl (C=O) groups excluding carboxylic acids is 1. The van der Waals surface area contributed by atoms with E-state index in [1.54, 1.807) is 22.7 Å². The highest BCUT2D eigenvalue weighted by molar-refractivity contribution is 6.13. The number of nitrogens with two attached hydrogens (primary N) is 1. The minimum absolute atomic E-state index is 0.0627. The molecule has 1 aliphatic rings. The van der Waals surface area contributed by atoms with E-state index >= 15 is 0 Å². The Labute approximate surface area is 181 Å². The van der Waals surface area contributed by atoms with Gasteiger partial charge in [0.15, 0.2) is 0 Å². The van der Waals surface area contributed by atoms with Gasteiger partial charge in [0.2, 0.25) is 0 Å². The Balaban J connectivity index is 1.71. The highest BCUT2D eigenvalue weighted by Gasteiger charge is 2.23. The smallest absolute Gasteiger partial charge is 0.254 e. The zero-order valence-corrected chi connectivity index (χ0v) is 18.0. The minimum Gasteiger partial charge on any atom is -0.339 e. The Morgan fingerprint density at radius 3 is 2.58 bits per heavy atom. The van der Waals surface area contributed by atoms with Crippen molar-refractivity contribution in [1.82, 2.24) is 14.3 Å². The molecule has 3 heterocycles. The number of benzene rings is 1. The molecule has 0 radical (unpaired) electrons. The third-order valence-electron chi connectivity index (χ3n) is 5.93. The molecule has 3 N–H and O–H groups in total. The maximum atomic E-state index is 13.0. The summed E-state index contributed by atoms with van der Waals surface area (Å²) in [5.41, 5.74) is 5.16. The number of aryl methyl sites for hydroxylation is 1. The minimum atomic E-state index is 0.0627. The number of carbonyl (C=O) groups is 1. The molecule has 0 saturated carbocycles. The summed E-state index contributed by atoms with van der Waals surface area (Å²) in [5, 5.41) is 20.1. The Morgan fingerprint density at radius 1 is 1.16 bits per heavy atom. The largest absolute Gasteiger partial charge is 0.339 e. The van der Waals surface area contributed by atoms with Gasteiger partial charge in [-0.05, 0) is 44.0 Å². The summed E-state index contributed by atoms with van der Waals surface area (Å²) < 4.78 is 1.80. The number of nitrogens with one attached hydrogen (secondary N) is 1. The third-order valence-corrected chi connectivity index (χ3v) is 5.93. The molecule has 4 rings (SSSR count). The molecule has 0 bridgehead atoms. The monoisotopic (exact) mass is 415 g/mol. The van der Waals surface area contributed by atoms with Gasteiger partial charge < -0.3 is 10.2 Å². The molecule has 0 aliphatic carbocycles. The van der Waals surface area contributed by atoms with Gasteiger partial charge in [-0.3, -0.25) is 14.6 Å². The van der Waals surface area contributed by atoms with E-state index in [4.69, 9.17) is 5.41 Å². The molecule has 0 spiro atoms. The van der Waals surface area contributed by atoms with Crippen molar-refractivity contribution in [3.8, 4) is 6.07 Å². The van der Waals surface area contributed by atoms with E-state index in [9.17, 15) is 10.1 Å². The summed E-state index contributed by atoms with van der Waals surface area (Å²) in [6.07, 6.45) is 6.19. The molecule has 3 aromatic rings. The van der Waals surface area contributed by atoms with Crippen molar-refractivity contribution in [3.05, 3.63) is 64.6 Å². The number of imidazole rings is 1. The van der Waals surface area contributed by atoms with Gasteiger partial charge >= 0.3 is 0 Å². The Kier molecular flexibility index (Phi) is 5.83. The number of rotatable bonds is 4. The lowest BCUT2D eigenvalue weighted by molar-refractivity contribution is -0.539. The standard InChI is InChI=1S/C24H26N6O/c1-16-23(30-15-17(14-25)7-10-21(30)28-16)22(26)19-9-8-18(13-20(19)27-2)24(31)29-11-5-3-4-6-12-29/h7-10,13,15,26-27H,3-6,11-12H2,1-2H3/p+1. The summed E-state index contributed by atoms with van der Waals surface area (Å²) >= 11 is 0. The van der Waals surface area contributed by atoms with E-state index in [1.165, 1.54) is 12.8 Å². The van der Waals surface area contributed by atoms with Crippen LogP contribution in [-0.4, -0.2) is 46.0 Å². The quantitative estimate of drug-likeness (QED) is 0.506. The van der Waals surface area contributed by atoms with Crippen LogP contribution < -0.4 is 5.32 Å². The second-order valence-corrected chi connectivity index (χ2v) is 7.98. The van der Waals surface area contributed by atoms with Gasteiger partial charge in [0.05, 0.1) is 35.3 Å². The van der Waals surface area contributed by atoms with Crippen molar-refractivity contribution in [2.24, 2.45) is 0 Å². The fourth-order valence-corrected chi connectivity index (χ4v) is 4.28. The number of hydrogen-bond donors (Lipinski definition) is 2. The van der Waals surface area contributed by atoms with E-state index in [0.29, 0.717) is 28.2 Å². The molecule has 1 aromatic carbocycles. The molecule has 1 fully saturated rings. The SMILES string of the molecule is C[NH2+]c1cc(C(=O)N2CCCCCC2)ccc1C(=N)c1c(C)nc2ccc(C#N)cn12. The van der Waals surface area contributed by atoms with Crippen LogP contribution in [0, 0.1) is 23.7 Å². The average Bonchev–Trinajstić information content (AvgIpc) is 2.95. The predicted molar refractivity (Wildman–Crippen MR) is 119 cm³/mol. The van der Waals surface area contributed by atoms with Crippen molar-refractivity contribution in [3.63, 3.8) is 0 Å². The predicted octanol–water partition coefficient (Wildman–Crippen LogP) is 2.77. The first kappa shape index (κ1) is 20.8. The summed E-state index contributed by atoms with van der Waals surface area (Å²) in [6.45, 7) is 3.49. The number of aromatic nitrogens is 2. The molecule has 7 heteroatoms. The maximum Gasteiger partial charge on any atom is 0.254 e. The molecule has 1 saturated heterocycles.